The monoisotopic (exact) mass is 340 g/mol. The minimum Gasteiger partial charge on any atom is -0.368 e. The third kappa shape index (κ3) is 3.59. The Morgan fingerprint density at radius 1 is 1.22 bits per heavy atom. The van der Waals surface area contributed by atoms with Crippen molar-refractivity contribution in [3.8, 4) is 0 Å². The van der Waals surface area contributed by atoms with Gasteiger partial charge in [0.25, 0.3) is 0 Å². The zero-order valence-electron chi connectivity index (χ0n) is 12.3. The fraction of sp³-hybridized carbons (Fsp3) is 0.308. The van der Waals surface area contributed by atoms with E-state index in [4.69, 9.17) is 5.73 Å². The van der Waals surface area contributed by atoms with E-state index >= 15 is 0 Å². The molecule has 1 fully saturated rings. The molecule has 0 spiro atoms. The molecule has 124 valence electrons. The van der Waals surface area contributed by atoms with Crippen LogP contribution in [0.2, 0.25) is 0 Å². The van der Waals surface area contributed by atoms with Crippen LogP contribution in [0.3, 0.4) is 0 Å². The largest absolute Gasteiger partial charge is 0.368 e. The lowest BCUT2D eigenvalue weighted by Gasteiger charge is -2.20. The van der Waals surface area contributed by atoms with Gasteiger partial charge in [0.2, 0.25) is 15.9 Å². The van der Waals surface area contributed by atoms with Gasteiger partial charge >= 0.3 is 12.1 Å². The van der Waals surface area contributed by atoms with Gasteiger partial charge in [0, 0.05) is 0 Å². The molecule has 0 aliphatic carbocycles. The fourth-order valence-corrected chi connectivity index (χ4v) is 2.97. The van der Waals surface area contributed by atoms with Crippen LogP contribution in [0.15, 0.2) is 30.3 Å². The van der Waals surface area contributed by atoms with Gasteiger partial charge in [-0.1, -0.05) is 30.3 Å². The van der Waals surface area contributed by atoms with E-state index < -0.39 is 34.0 Å². The van der Waals surface area contributed by atoms with Gasteiger partial charge in [-0.15, -0.1) is 0 Å². The van der Waals surface area contributed by atoms with Crippen LogP contribution in [0.1, 0.15) is 11.6 Å². The van der Waals surface area contributed by atoms with E-state index in [1.165, 1.54) is 0 Å². The lowest BCUT2D eigenvalue weighted by atomic mass is 10.1. The first-order valence-corrected chi connectivity index (χ1v) is 8.50. The second-order valence-corrected chi connectivity index (χ2v) is 6.87. The van der Waals surface area contributed by atoms with Crippen molar-refractivity contribution < 1.29 is 22.8 Å². The van der Waals surface area contributed by atoms with E-state index in [1.807, 2.05) is 0 Å². The summed E-state index contributed by atoms with van der Waals surface area (Å²) in [4.78, 5) is 36.4. The van der Waals surface area contributed by atoms with Gasteiger partial charge < -0.3 is 11.1 Å². The number of imide groups is 1. The second kappa shape index (κ2) is 6.24. The fourth-order valence-electron chi connectivity index (χ4n) is 2.18. The van der Waals surface area contributed by atoms with Crippen molar-refractivity contribution in [1.82, 2.24) is 14.5 Å². The molecule has 1 aliphatic heterocycles. The van der Waals surface area contributed by atoms with Gasteiger partial charge in [-0.3, -0.25) is 4.79 Å². The zero-order chi connectivity index (χ0) is 17.2. The summed E-state index contributed by atoms with van der Waals surface area (Å²) < 4.78 is 23.5. The van der Waals surface area contributed by atoms with Crippen LogP contribution in [0.4, 0.5) is 9.59 Å². The predicted octanol–water partition coefficient (Wildman–Crippen LogP) is -0.380. The van der Waals surface area contributed by atoms with Crippen molar-refractivity contribution in [2.75, 3.05) is 19.3 Å². The van der Waals surface area contributed by atoms with E-state index in [0.29, 0.717) is 9.87 Å². The molecule has 2 rings (SSSR count). The molecule has 1 aliphatic rings. The lowest BCUT2D eigenvalue weighted by molar-refractivity contribution is -0.119. The summed E-state index contributed by atoms with van der Waals surface area (Å²) in [6.07, 6.45) is 0.877. The predicted molar refractivity (Wildman–Crippen MR) is 80.6 cm³/mol. The first-order valence-electron chi connectivity index (χ1n) is 6.66. The number of nitrogens with one attached hydrogen (secondary N) is 1. The van der Waals surface area contributed by atoms with Crippen molar-refractivity contribution >= 4 is 28.0 Å². The van der Waals surface area contributed by atoms with E-state index in [2.05, 4.69) is 5.32 Å². The first kappa shape index (κ1) is 16.7. The Labute approximate surface area is 133 Å². The van der Waals surface area contributed by atoms with E-state index in [0.717, 1.165) is 11.2 Å². The number of rotatable bonds is 4. The molecule has 1 saturated heterocycles. The maximum absolute atomic E-state index is 12.2. The smallest absolute Gasteiger partial charge is 0.341 e. The average Bonchev–Trinajstić information content (AvgIpc) is 2.87. The summed E-state index contributed by atoms with van der Waals surface area (Å²) in [5.41, 5.74) is 5.74. The molecular weight excluding hydrogens is 324 g/mol. The highest BCUT2D eigenvalue weighted by atomic mass is 32.2. The number of sulfonamides is 1. The molecule has 3 N–H and O–H groups in total. The number of amides is 5. The molecule has 0 bridgehead atoms. The van der Waals surface area contributed by atoms with Crippen molar-refractivity contribution in [3.05, 3.63) is 35.9 Å². The van der Waals surface area contributed by atoms with Crippen LogP contribution < -0.4 is 11.1 Å². The van der Waals surface area contributed by atoms with Crippen molar-refractivity contribution in [2.24, 2.45) is 5.73 Å². The third-order valence-corrected chi connectivity index (χ3v) is 4.44. The molecule has 10 heteroatoms. The summed E-state index contributed by atoms with van der Waals surface area (Å²) in [6.45, 7) is -0.227. The molecule has 1 heterocycles. The summed E-state index contributed by atoms with van der Waals surface area (Å²) >= 11 is 0. The molecule has 1 aromatic rings. The minimum absolute atomic E-state index is 0.0992. The Morgan fingerprint density at radius 2 is 1.83 bits per heavy atom. The first-order chi connectivity index (χ1) is 10.7. The van der Waals surface area contributed by atoms with Gasteiger partial charge in [0.05, 0.1) is 19.3 Å². The van der Waals surface area contributed by atoms with Crippen LogP contribution in [-0.4, -0.2) is 54.9 Å². The molecule has 5 amide bonds. The summed E-state index contributed by atoms with van der Waals surface area (Å²) in [6, 6.07) is 5.32. The average molecular weight is 340 g/mol. The second-order valence-electron chi connectivity index (χ2n) is 4.96. The van der Waals surface area contributed by atoms with Crippen LogP contribution in [0.5, 0.6) is 0 Å². The topological polar surface area (TPSA) is 130 Å². The number of hydrogen-bond acceptors (Lipinski definition) is 5. The molecule has 0 unspecified atom stereocenters. The quantitative estimate of drug-likeness (QED) is 0.771. The molecule has 9 nitrogen and oxygen atoms in total. The maximum atomic E-state index is 12.2. The summed E-state index contributed by atoms with van der Waals surface area (Å²) in [7, 11) is -3.74. The molecule has 1 atom stereocenters. The SMILES string of the molecule is CS(=O)(=O)N1CCN(C(=O)N[C@@H](C(N)=O)c2ccccc2)C1=O. The number of carbonyl (C=O) groups excluding carboxylic acids is 3. The van der Waals surface area contributed by atoms with Crippen molar-refractivity contribution in [2.45, 2.75) is 6.04 Å². The standard InChI is InChI=1S/C13H16N4O5S/c1-23(21,22)17-8-7-16(13(17)20)12(19)15-10(11(14)18)9-5-3-2-4-6-9/h2-6,10H,7-8H2,1H3,(H2,14,18)(H,15,19)/t10-/m1/s1. The molecule has 23 heavy (non-hydrogen) atoms. The Kier molecular flexibility index (Phi) is 4.55. The Morgan fingerprint density at radius 3 is 2.30 bits per heavy atom. The molecule has 1 aromatic carbocycles. The number of primary amides is 1. The molecular formula is C13H16N4O5S. The number of benzene rings is 1. The highest BCUT2D eigenvalue weighted by Crippen LogP contribution is 2.16. The number of nitrogens with two attached hydrogens (primary N) is 1. The summed E-state index contributed by atoms with van der Waals surface area (Å²) in [5.74, 6) is -0.795. The van der Waals surface area contributed by atoms with Gasteiger partial charge in [0.1, 0.15) is 6.04 Å². The van der Waals surface area contributed by atoms with Gasteiger partial charge in [-0.25, -0.2) is 27.2 Å². The van der Waals surface area contributed by atoms with Crippen LogP contribution >= 0.6 is 0 Å². The van der Waals surface area contributed by atoms with Crippen LogP contribution in [-0.2, 0) is 14.8 Å². The number of hydrogen-bond donors (Lipinski definition) is 2. The summed E-state index contributed by atoms with van der Waals surface area (Å²) in [5, 5.41) is 2.35. The minimum atomic E-state index is -3.74. The van der Waals surface area contributed by atoms with E-state index in [-0.39, 0.29) is 13.1 Å². The molecule has 0 aromatic heterocycles. The number of nitrogens with zero attached hydrogens (tertiary/aromatic N) is 2. The highest BCUT2D eigenvalue weighted by Gasteiger charge is 2.39. The molecule has 0 radical (unpaired) electrons. The van der Waals surface area contributed by atoms with Crippen molar-refractivity contribution in [3.63, 3.8) is 0 Å². The number of urea groups is 2. The van der Waals surface area contributed by atoms with Crippen LogP contribution in [0.25, 0.3) is 0 Å². The van der Waals surface area contributed by atoms with E-state index in [9.17, 15) is 22.8 Å². The third-order valence-electron chi connectivity index (χ3n) is 3.30. The highest BCUT2D eigenvalue weighted by molar-refractivity contribution is 7.88. The molecule has 0 saturated carbocycles. The number of carbonyl (C=O) groups is 3. The van der Waals surface area contributed by atoms with Crippen LogP contribution in [0, 0.1) is 0 Å². The van der Waals surface area contributed by atoms with Gasteiger partial charge in [-0.2, -0.15) is 0 Å². The van der Waals surface area contributed by atoms with Crippen molar-refractivity contribution in [1.29, 1.82) is 0 Å². The van der Waals surface area contributed by atoms with E-state index in [1.54, 1.807) is 30.3 Å². The Balaban J connectivity index is 2.15. The Hall–Kier alpha value is -2.62. The normalized spacial score (nSPS) is 16.3. The maximum Gasteiger partial charge on any atom is 0.341 e. The Bertz CT molecular complexity index is 734. The van der Waals surface area contributed by atoms with Gasteiger partial charge in [-0.05, 0) is 5.56 Å². The zero-order valence-corrected chi connectivity index (χ0v) is 13.1. The van der Waals surface area contributed by atoms with Gasteiger partial charge in [0.15, 0.2) is 0 Å². The lowest BCUT2D eigenvalue weighted by Crippen LogP contribution is -2.47.